The van der Waals surface area contributed by atoms with Crippen molar-refractivity contribution in [3.05, 3.63) is 70.8 Å². The van der Waals surface area contributed by atoms with Gasteiger partial charge in [-0.1, -0.05) is 47.1 Å². The maximum Gasteiger partial charge on any atom is 0.242 e. The van der Waals surface area contributed by atoms with Gasteiger partial charge in [0, 0.05) is 18.2 Å². The van der Waals surface area contributed by atoms with Gasteiger partial charge in [0.25, 0.3) is 0 Å². The van der Waals surface area contributed by atoms with Gasteiger partial charge in [-0.05, 0) is 18.2 Å². The van der Waals surface area contributed by atoms with Crippen molar-refractivity contribution in [1.82, 2.24) is 14.4 Å². The van der Waals surface area contributed by atoms with E-state index in [2.05, 4.69) is 10.1 Å². The molecule has 1 aromatic heterocycles. The van der Waals surface area contributed by atoms with E-state index in [9.17, 15) is 12.8 Å². The molecule has 0 saturated carbocycles. The Morgan fingerprint density at radius 2 is 1.85 bits per heavy atom. The van der Waals surface area contributed by atoms with Crippen LogP contribution < -0.4 is 0 Å². The summed E-state index contributed by atoms with van der Waals surface area (Å²) in [5, 5.41) is 4.29. The summed E-state index contributed by atoms with van der Waals surface area (Å²) < 4.78 is 44.7. The van der Waals surface area contributed by atoms with Crippen molar-refractivity contribution in [2.45, 2.75) is 12.3 Å². The molecule has 9 heteroatoms. The molecule has 6 nitrogen and oxygen atoms in total. The summed E-state index contributed by atoms with van der Waals surface area (Å²) in [7, 11) is -2.39. The summed E-state index contributed by atoms with van der Waals surface area (Å²) in [4.78, 5) is 4.18. The van der Waals surface area contributed by atoms with Crippen LogP contribution in [0.5, 0.6) is 0 Å². The number of benzene rings is 2. The van der Waals surface area contributed by atoms with Crippen LogP contribution in [0, 0.1) is 5.82 Å². The number of nitrogens with zero attached hydrogens (tertiary/aromatic N) is 3. The lowest BCUT2D eigenvalue weighted by Crippen LogP contribution is -2.28. The quantitative estimate of drug-likeness (QED) is 0.638. The van der Waals surface area contributed by atoms with Gasteiger partial charge < -0.3 is 4.52 Å². The predicted molar refractivity (Wildman–Crippen MR) is 95.2 cm³/mol. The summed E-state index contributed by atoms with van der Waals surface area (Å²) in [5.41, 5.74) is 0.683. The molecule has 0 aliphatic heterocycles. The van der Waals surface area contributed by atoms with Crippen LogP contribution in [0.25, 0.3) is 11.4 Å². The fourth-order valence-corrected chi connectivity index (χ4v) is 3.66. The molecule has 0 atom stereocenters. The van der Waals surface area contributed by atoms with Gasteiger partial charge in [0.2, 0.25) is 21.7 Å². The van der Waals surface area contributed by atoms with E-state index in [-0.39, 0.29) is 23.8 Å². The van der Waals surface area contributed by atoms with E-state index in [1.165, 1.54) is 25.2 Å². The van der Waals surface area contributed by atoms with Gasteiger partial charge in [0.05, 0.1) is 17.3 Å². The molecule has 0 aliphatic carbocycles. The average molecular weight is 396 g/mol. The first kappa shape index (κ1) is 18.5. The Bertz CT molecular complexity index is 1020. The average Bonchev–Trinajstić information content (AvgIpc) is 3.05. The summed E-state index contributed by atoms with van der Waals surface area (Å²) in [6, 6.07) is 12.7. The van der Waals surface area contributed by atoms with E-state index in [0.29, 0.717) is 10.6 Å². The molecule has 3 rings (SSSR count). The van der Waals surface area contributed by atoms with Crippen LogP contribution in [-0.2, 0) is 22.3 Å². The van der Waals surface area contributed by atoms with Gasteiger partial charge in [0.15, 0.2) is 0 Å². The molecule has 136 valence electrons. The largest absolute Gasteiger partial charge is 0.338 e. The fraction of sp³-hybridized carbons (Fsp3) is 0.176. The third kappa shape index (κ3) is 4.09. The van der Waals surface area contributed by atoms with Crippen molar-refractivity contribution < 1.29 is 17.3 Å². The SMILES string of the molecule is CN(Cc1nc(-c2ccccc2Cl)no1)S(=O)(=O)Cc1ccccc1F. The maximum atomic E-state index is 13.7. The first-order valence-corrected chi connectivity index (χ1v) is 9.60. The minimum atomic E-state index is -3.76. The van der Waals surface area contributed by atoms with Crippen LogP contribution in [0.15, 0.2) is 53.1 Å². The monoisotopic (exact) mass is 395 g/mol. The normalized spacial score (nSPS) is 11.8. The molecule has 2 aromatic carbocycles. The zero-order valence-corrected chi connectivity index (χ0v) is 15.3. The summed E-state index contributed by atoms with van der Waals surface area (Å²) >= 11 is 6.09. The highest BCUT2D eigenvalue weighted by atomic mass is 35.5. The predicted octanol–water partition coefficient (Wildman–Crippen LogP) is 3.49. The molecule has 0 saturated heterocycles. The Hall–Kier alpha value is -2.29. The Balaban J connectivity index is 1.75. The Morgan fingerprint density at radius 3 is 2.58 bits per heavy atom. The third-order valence-corrected chi connectivity index (χ3v) is 5.80. The molecule has 1 heterocycles. The van der Waals surface area contributed by atoms with Gasteiger partial charge >= 0.3 is 0 Å². The second kappa shape index (κ2) is 7.53. The molecule has 0 N–H and O–H groups in total. The van der Waals surface area contributed by atoms with E-state index in [4.69, 9.17) is 16.1 Å². The zero-order chi connectivity index (χ0) is 18.7. The molecule has 0 radical (unpaired) electrons. The van der Waals surface area contributed by atoms with Crippen molar-refractivity contribution in [3.8, 4) is 11.4 Å². The first-order chi connectivity index (χ1) is 12.4. The number of halogens is 2. The smallest absolute Gasteiger partial charge is 0.242 e. The molecule has 0 aliphatic rings. The Labute approximate surface area is 155 Å². The highest BCUT2D eigenvalue weighted by Crippen LogP contribution is 2.25. The first-order valence-electron chi connectivity index (χ1n) is 7.62. The van der Waals surface area contributed by atoms with Gasteiger partial charge in [-0.25, -0.2) is 12.8 Å². The van der Waals surface area contributed by atoms with Gasteiger partial charge in [-0.15, -0.1) is 0 Å². The standard InChI is InChI=1S/C17H15ClFN3O3S/c1-22(26(23,24)11-12-6-2-5-9-15(12)19)10-16-20-17(21-25-16)13-7-3-4-8-14(13)18/h2-9H,10-11H2,1H3. The lowest BCUT2D eigenvalue weighted by atomic mass is 10.2. The van der Waals surface area contributed by atoms with E-state index in [1.54, 1.807) is 30.3 Å². The van der Waals surface area contributed by atoms with Crippen LogP contribution in [0.4, 0.5) is 4.39 Å². The van der Waals surface area contributed by atoms with Crippen molar-refractivity contribution in [2.75, 3.05) is 7.05 Å². The molecule has 0 unspecified atom stereocenters. The molecular formula is C17H15ClFN3O3S. The van der Waals surface area contributed by atoms with Crippen molar-refractivity contribution in [1.29, 1.82) is 0 Å². The Kier molecular flexibility index (Phi) is 5.36. The molecule has 0 fully saturated rings. The third-order valence-electron chi connectivity index (χ3n) is 3.71. The topological polar surface area (TPSA) is 76.3 Å². The van der Waals surface area contributed by atoms with Crippen LogP contribution in [0.1, 0.15) is 11.5 Å². The van der Waals surface area contributed by atoms with Crippen LogP contribution >= 0.6 is 11.6 Å². The number of hydrogen-bond donors (Lipinski definition) is 0. The minimum absolute atomic E-state index is 0.0987. The van der Waals surface area contributed by atoms with Crippen LogP contribution in [-0.4, -0.2) is 29.9 Å². The zero-order valence-electron chi connectivity index (χ0n) is 13.8. The number of sulfonamides is 1. The maximum absolute atomic E-state index is 13.7. The van der Waals surface area contributed by atoms with Crippen LogP contribution in [0.2, 0.25) is 5.02 Å². The lowest BCUT2D eigenvalue weighted by Gasteiger charge is -2.15. The molecule has 0 spiro atoms. The molecule has 0 amide bonds. The number of hydrogen-bond acceptors (Lipinski definition) is 5. The highest BCUT2D eigenvalue weighted by molar-refractivity contribution is 7.88. The van der Waals surface area contributed by atoms with E-state index in [0.717, 1.165) is 4.31 Å². The van der Waals surface area contributed by atoms with Gasteiger partial charge in [-0.3, -0.25) is 0 Å². The summed E-state index contributed by atoms with van der Waals surface area (Å²) in [6.07, 6.45) is 0. The summed E-state index contributed by atoms with van der Waals surface area (Å²) in [6.45, 7) is -0.131. The van der Waals surface area contributed by atoms with Gasteiger partial charge in [0.1, 0.15) is 5.82 Å². The highest BCUT2D eigenvalue weighted by Gasteiger charge is 2.23. The summed E-state index contributed by atoms with van der Waals surface area (Å²) in [5.74, 6) is -0.643. The van der Waals surface area contributed by atoms with Gasteiger partial charge in [-0.2, -0.15) is 9.29 Å². The fourth-order valence-electron chi connectivity index (χ4n) is 2.28. The second-order valence-electron chi connectivity index (χ2n) is 5.60. The number of aromatic nitrogens is 2. The molecule has 26 heavy (non-hydrogen) atoms. The van der Waals surface area contributed by atoms with E-state index in [1.807, 2.05) is 0 Å². The van der Waals surface area contributed by atoms with Crippen molar-refractivity contribution in [2.24, 2.45) is 0 Å². The number of rotatable bonds is 6. The van der Waals surface area contributed by atoms with Crippen molar-refractivity contribution >= 4 is 21.6 Å². The van der Waals surface area contributed by atoms with E-state index < -0.39 is 21.6 Å². The minimum Gasteiger partial charge on any atom is -0.338 e. The van der Waals surface area contributed by atoms with Crippen molar-refractivity contribution in [3.63, 3.8) is 0 Å². The van der Waals surface area contributed by atoms with Crippen LogP contribution in [0.3, 0.4) is 0 Å². The van der Waals surface area contributed by atoms with E-state index >= 15 is 0 Å². The molecule has 3 aromatic rings. The molecule has 0 bridgehead atoms. The Morgan fingerprint density at radius 1 is 1.15 bits per heavy atom. The second-order valence-corrected chi connectivity index (χ2v) is 8.08. The lowest BCUT2D eigenvalue weighted by molar-refractivity contribution is 0.336. The molecular weight excluding hydrogens is 381 g/mol.